The predicted molar refractivity (Wildman–Crippen MR) is 97.5 cm³/mol. The van der Waals surface area contributed by atoms with Gasteiger partial charge in [0.25, 0.3) is 5.91 Å². The van der Waals surface area contributed by atoms with Crippen LogP contribution in [-0.4, -0.2) is 34.9 Å². The molecule has 0 aliphatic carbocycles. The van der Waals surface area contributed by atoms with Crippen LogP contribution < -0.4 is 10.1 Å². The van der Waals surface area contributed by atoms with Gasteiger partial charge in [0.1, 0.15) is 5.75 Å². The van der Waals surface area contributed by atoms with Crippen molar-refractivity contribution in [3.05, 3.63) is 47.7 Å². The number of rotatable bonds is 6. The number of nitrogens with one attached hydrogen (secondary N) is 1. The molecule has 142 valence electrons. The zero-order valence-electron chi connectivity index (χ0n) is 15.8. The van der Waals surface area contributed by atoms with Gasteiger partial charge in [-0.1, -0.05) is 43.2 Å². The monoisotopic (exact) mass is 370 g/mol. The first-order chi connectivity index (χ1) is 12.9. The van der Waals surface area contributed by atoms with E-state index in [2.05, 4.69) is 20.6 Å². The van der Waals surface area contributed by atoms with Gasteiger partial charge in [-0.05, 0) is 12.1 Å². The fourth-order valence-corrected chi connectivity index (χ4v) is 2.33. The van der Waals surface area contributed by atoms with Crippen molar-refractivity contribution < 1.29 is 18.6 Å². The summed E-state index contributed by atoms with van der Waals surface area (Å²) in [5.74, 6) is 1.99. The molecule has 0 spiro atoms. The van der Waals surface area contributed by atoms with E-state index in [0.29, 0.717) is 36.2 Å². The van der Waals surface area contributed by atoms with Crippen molar-refractivity contribution in [2.24, 2.45) is 0 Å². The number of methoxy groups -OCH3 is 1. The molecule has 1 amide bonds. The van der Waals surface area contributed by atoms with Gasteiger partial charge < -0.3 is 19.1 Å². The minimum atomic E-state index is -0.326. The average Bonchev–Trinajstić information content (AvgIpc) is 3.31. The Kier molecular flexibility index (Phi) is 5.25. The van der Waals surface area contributed by atoms with Gasteiger partial charge >= 0.3 is 0 Å². The standard InChI is InChI=1S/C19H22N4O4/c1-19(2,3)18-21-16(23-27-18)8-9-20-17(24)14-11-15(26-22-14)12-6-5-7-13(10-12)25-4/h5-7,10-11H,8-9H2,1-4H3,(H,20,24). The van der Waals surface area contributed by atoms with Gasteiger partial charge in [0.2, 0.25) is 5.89 Å². The smallest absolute Gasteiger partial charge is 0.273 e. The normalized spacial score (nSPS) is 11.4. The summed E-state index contributed by atoms with van der Waals surface area (Å²) in [7, 11) is 1.59. The van der Waals surface area contributed by atoms with E-state index in [1.165, 1.54) is 0 Å². The van der Waals surface area contributed by atoms with E-state index in [0.717, 1.165) is 5.56 Å². The molecule has 27 heavy (non-hydrogen) atoms. The third kappa shape index (κ3) is 4.52. The van der Waals surface area contributed by atoms with E-state index >= 15 is 0 Å². The lowest BCUT2D eigenvalue weighted by atomic mass is 9.97. The second-order valence-electron chi connectivity index (χ2n) is 7.08. The highest BCUT2D eigenvalue weighted by atomic mass is 16.5. The maximum absolute atomic E-state index is 12.2. The Morgan fingerprint density at radius 3 is 2.70 bits per heavy atom. The Labute approximate surface area is 156 Å². The molecule has 1 N–H and O–H groups in total. The average molecular weight is 370 g/mol. The first-order valence-corrected chi connectivity index (χ1v) is 8.59. The maximum atomic E-state index is 12.2. The number of ether oxygens (including phenoxy) is 1. The quantitative estimate of drug-likeness (QED) is 0.711. The van der Waals surface area contributed by atoms with Crippen LogP contribution in [0.15, 0.2) is 39.4 Å². The molecule has 0 bridgehead atoms. The molecule has 0 atom stereocenters. The summed E-state index contributed by atoms with van der Waals surface area (Å²) in [5.41, 5.74) is 0.782. The number of carbonyl (C=O) groups excluding carboxylic acids is 1. The van der Waals surface area contributed by atoms with E-state index in [1.807, 2.05) is 45.0 Å². The van der Waals surface area contributed by atoms with Gasteiger partial charge in [0, 0.05) is 30.0 Å². The van der Waals surface area contributed by atoms with Crippen LogP contribution >= 0.6 is 0 Å². The fourth-order valence-electron chi connectivity index (χ4n) is 2.33. The van der Waals surface area contributed by atoms with E-state index in [1.54, 1.807) is 13.2 Å². The molecule has 1 aromatic carbocycles. The van der Waals surface area contributed by atoms with Gasteiger partial charge in [-0.15, -0.1) is 0 Å². The summed E-state index contributed by atoms with van der Waals surface area (Å²) < 4.78 is 15.7. The Balaban J connectivity index is 1.57. The molecule has 0 unspecified atom stereocenters. The first kappa shape index (κ1) is 18.6. The molecule has 2 aromatic heterocycles. The van der Waals surface area contributed by atoms with Crippen molar-refractivity contribution in [3.8, 4) is 17.1 Å². The highest BCUT2D eigenvalue weighted by Crippen LogP contribution is 2.24. The number of nitrogens with zero attached hydrogens (tertiary/aromatic N) is 3. The summed E-state index contributed by atoms with van der Waals surface area (Å²) in [6.45, 7) is 6.35. The van der Waals surface area contributed by atoms with Crippen LogP contribution in [0, 0.1) is 0 Å². The van der Waals surface area contributed by atoms with Crippen molar-refractivity contribution in [2.75, 3.05) is 13.7 Å². The van der Waals surface area contributed by atoms with Crippen LogP contribution in [0.5, 0.6) is 5.75 Å². The molecule has 0 radical (unpaired) electrons. The second-order valence-corrected chi connectivity index (χ2v) is 7.08. The number of amides is 1. The molecule has 0 fully saturated rings. The topological polar surface area (TPSA) is 103 Å². The largest absolute Gasteiger partial charge is 0.497 e. The van der Waals surface area contributed by atoms with Crippen LogP contribution in [0.4, 0.5) is 0 Å². The van der Waals surface area contributed by atoms with Crippen molar-refractivity contribution in [1.29, 1.82) is 0 Å². The molecule has 3 aromatic rings. The van der Waals surface area contributed by atoms with Crippen LogP contribution in [0.3, 0.4) is 0 Å². The van der Waals surface area contributed by atoms with E-state index in [4.69, 9.17) is 13.8 Å². The van der Waals surface area contributed by atoms with E-state index in [9.17, 15) is 4.79 Å². The molecular weight excluding hydrogens is 348 g/mol. The Morgan fingerprint density at radius 1 is 1.19 bits per heavy atom. The van der Waals surface area contributed by atoms with Gasteiger partial charge in [-0.2, -0.15) is 4.98 Å². The zero-order chi connectivity index (χ0) is 19.4. The number of benzene rings is 1. The molecule has 0 saturated carbocycles. The molecule has 8 nitrogen and oxygen atoms in total. The zero-order valence-corrected chi connectivity index (χ0v) is 15.8. The van der Waals surface area contributed by atoms with Gasteiger partial charge in [-0.3, -0.25) is 4.79 Å². The summed E-state index contributed by atoms with van der Waals surface area (Å²) in [4.78, 5) is 16.6. The van der Waals surface area contributed by atoms with Crippen LogP contribution in [0.1, 0.15) is 43.0 Å². The summed E-state index contributed by atoms with van der Waals surface area (Å²) in [6.07, 6.45) is 0.464. The van der Waals surface area contributed by atoms with Gasteiger partial charge in [0.05, 0.1) is 7.11 Å². The lowest BCUT2D eigenvalue weighted by Gasteiger charge is -2.10. The lowest BCUT2D eigenvalue weighted by molar-refractivity contribution is 0.0945. The lowest BCUT2D eigenvalue weighted by Crippen LogP contribution is -2.26. The van der Waals surface area contributed by atoms with E-state index in [-0.39, 0.29) is 17.0 Å². The Bertz CT molecular complexity index is 924. The minimum absolute atomic E-state index is 0.203. The molecular formula is C19H22N4O4. The third-order valence-electron chi connectivity index (χ3n) is 3.84. The maximum Gasteiger partial charge on any atom is 0.273 e. The molecule has 8 heteroatoms. The highest BCUT2D eigenvalue weighted by Gasteiger charge is 2.21. The van der Waals surface area contributed by atoms with E-state index < -0.39 is 0 Å². The number of carbonyl (C=O) groups is 1. The van der Waals surface area contributed by atoms with Gasteiger partial charge in [-0.25, -0.2) is 0 Å². The Morgan fingerprint density at radius 2 is 2.00 bits per heavy atom. The minimum Gasteiger partial charge on any atom is -0.497 e. The first-order valence-electron chi connectivity index (χ1n) is 8.59. The van der Waals surface area contributed by atoms with Crippen molar-refractivity contribution in [2.45, 2.75) is 32.6 Å². The predicted octanol–water partition coefficient (Wildman–Crippen LogP) is 3.00. The molecule has 0 aliphatic rings. The molecule has 3 rings (SSSR count). The van der Waals surface area contributed by atoms with Gasteiger partial charge in [0.15, 0.2) is 17.3 Å². The highest BCUT2D eigenvalue weighted by molar-refractivity contribution is 5.93. The van der Waals surface area contributed by atoms with Crippen molar-refractivity contribution >= 4 is 5.91 Å². The third-order valence-corrected chi connectivity index (χ3v) is 3.84. The van der Waals surface area contributed by atoms with Crippen molar-refractivity contribution in [1.82, 2.24) is 20.6 Å². The number of hydrogen-bond donors (Lipinski definition) is 1. The number of hydrogen-bond acceptors (Lipinski definition) is 7. The number of aromatic nitrogens is 3. The van der Waals surface area contributed by atoms with Crippen LogP contribution in [0.2, 0.25) is 0 Å². The summed E-state index contributed by atoms with van der Waals surface area (Å²) in [5, 5.41) is 10.5. The summed E-state index contributed by atoms with van der Waals surface area (Å²) in [6, 6.07) is 8.93. The summed E-state index contributed by atoms with van der Waals surface area (Å²) >= 11 is 0. The molecule has 2 heterocycles. The second kappa shape index (κ2) is 7.61. The molecule has 0 saturated heterocycles. The SMILES string of the molecule is COc1cccc(-c2cc(C(=O)NCCc3noc(C(C)(C)C)n3)no2)c1. The molecule has 0 aliphatic heterocycles. The fraction of sp³-hybridized carbons (Fsp3) is 0.368. The van der Waals surface area contributed by atoms with Crippen molar-refractivity contribution in [3.63, 3.8) is 0 Å². The Hall–Kier alpha value is -3.16. The van der Waals surface area contributed by atoms with Crippen LogP contribution in [-0.2, 0) is 11.8 Å². The van der Waals surface area contributed by atoms with Crippen LogP contribution in [0.25, 0.3) is 11.3 Å².